The summed E-state index contributed by atoms with van der Waals surface area (Å²) >= 11 is 0. The molecule has 4 aliphatic rings. The minimum atomic E-state index is -0.387. The number of hydrogen-bond acceptors (Lipinski definition) is 4. The van der Waals surface area contributed by atoms with Gasteiger partial charge in [0, 0.05) is 12.1 Å². The molecule has 0 saturated carbocycles. The van der Waals surface area contributed by atoms with Gasteiger partial charge in [0.25, 0.3) is 0 Å². The number of carbonyl (C=O) groups is 1. The van der Waals surface area contributed by atoms with Crippen molar-refractivity contribution in [3.05, 3.63) is 53.3 Å². The Morgan fingerprint density at radius 3 is 2.57 bits per heavy atom. The lowest BCUT2D eigenvalue weighted by Gasteiger charge is -2.44. The smallest absolute Gasteiger partial charge is 0.407 e. The molecule has 1 amide bonds. The minimum Gasteiger partial charge on any atom is -0.494 e. The van der Waals surface area contributed by atoms with Gasteiger partial charge in [0.05, 0.1) is 12.6 Å². The van der Waals surface area contributed by atoms with Gasteiger partial charge in [-0.05, 0) is 97.5 Å². The van der Waals surface area contributed by atoms with E-state index in [0.717, 1.165) is 74.2 Å². The third-order valence-corrected chi connectivity index (χ3v) is 8.11. The molecule has 35 heavy (non-hydrogen) atoms. The average Bonchev–Trinajstić information content (AvgIpc) is 2.85. The maximum Gasteiger partial charge on any atom is 0.407 e. The Labute approximate surface area is 208 Å². The van der Waals surface area contributed by atoms with Crippen molar-refractivity contribution in [1.29, 1.82) is 0 Å². The molecular formula is C29H37FN2O3. The van der Waals surface area contributed by atoms with Crippen molar-refractivity contribution in [3.63, 3.8) is 0 Å². The van der Waals surface area contributed by atoms with Crippen LogP contribution in [0, 0.1) is 17.2 Å². The predicted molar refractivity (Wildman–Crippen MR) is 135 cm³/mol. The first-order valence-electron chi connectivity index (χ1n) is 13.1. The molecule has 2 aromatic rings. The molecule has 0 radical (unpaired) electrons. The Morgan fingerprint density at radius 1 is 1.17 bits per heavy atom. The zero-order valence-electron chi connectivity index (χ0n) is 21.1. The van der Waals surface area contributed by atoms with Gasteiger partial charge in [-0.2, -0.15) is 0 Å². The van der Waals surface area contributed by atoms with Crippen molar-refractivity contribution in [2.24, 2.45) is 11.3 Å². The Balaban J connectivity index is 1.35. The van der Waals surface area contributed by atoms with Gasteiger partial charge >= 0.3 is 6.09 Å². The van der Waals surface area contributed by atoms with Gasteiger partial charge in [0.15, 0.2) is 0 Å². The van der Waals surface area contributed by atoms with E-state index in [2.05, 4.69) is 31.0 Å². The molecule has 2 atom stereocenters. The van der Waals surface area contributed by atoms with Crippen LogP contribution in [0.15, 0.2) is 36.4 Å². The standard InChI is InChI=1S/C29H37FN2O3/c1-4-15-34-22-7-5-19(6-8-22)23-16-21-9-12-29(2,3)27(24(21)17-25(23)30)31-28(33)35-26-18-32-13-10-20(26)11-14-32/h5-8,16-17,20,26-27H,4,9-15,18H2,1-3H3,(H,31,33)/t26-,27-/m0/s1. The number of amides is 1. The monoisotopic (exact) mass is 480 g/mol. The van der Waals surface area contributed by atoms with E-state index in [1.54, 1.807) is 6.07 Å². The number of hydrogen-bond donors (Lipinski definition) is 1. The van der Waals surface area contributed by atoms with Gasteiger partial charge in [-0.25, -0.2) is 9.18 Å². The van der Waals surface area contributed by atoms with Gasteiger partial charge in [-0.15, -0.1) is 0 Å². The molecular weight excluding hydrogens is 443 g/mol. The summed E-state index contributed by atoms with van der Waals surface area (Å²) in [4.78, 5) is 15.3. The fourth-order valence-electron chi connectivity index (χ4n) is 5.92. The fourth-order valence-corrected chi connectivity index (χ4v) is 5.92. The number of halogens is 1. The SMILES string of the molecule is CCCOc1ccc(-c2cc3c(cc2F)[C@H](NC(=O)O[C@H]2CN4CCC2CC4)C(C)(C)CC3)cc1. The molecule has 1 aliphatic carbocycles. The van der Waals surface area contributed by atoms with Crippen LogP contribution in [0.2, 0.25) is 0 Å². The molecule has 3 saturated heterocycles. The summed E-state index contributed by atoms with van der Waals surface area (Å²) in [5, 5.41) is 3.12. The first-order chi connectivity index (χ1) is 16.8. The Kier molecular flexibility index (Phi) is 6.75. The maximum atomic E-state index is 15.4. The molecule has 3 fully saturated rings. The quantitative estimate of drug-likeness (QED) is 0.542. The third-order valence-electron chi connectivity index (χ3n) is 8.11. The van der Waals surface area contributed by atoms with Crippen molar-refractivity contribution in [3.8, 4) is 16.9 Å². The van der Waals surface area contributed by atoms with Crippen molar-refractivity contribution in [2.45, 2.75) is 65.0 Å². The van der Waals surface area contributed by atoms with Crippen LogP contribution >= 0.6 is 0 Å². The summed E-state index contributed by atoms with van der Waals surface area (Å²) in [6.45, 7) is 10.0. The topological polar surface area (TPSA) is 50.8 Å². The number of alkyl carbamates (subject to hydrolysis) is 1. The molecule has 0 spiro atoms. The van der Waals surface area contributed by atoms with Crippen LogP contribution in [0.5, 0.6) is 5.75 Å². The van der Waals surface area contributed by atoms with E-state index in [1.165, 1.54) is 0 Å². The molecule has 6 rings (SSSR count). The Hall–Kier alpha value is -2.60. The summed E-state index contributed by atoms with van der Waals surface area (Å²) in [6.07, 6.45) is 4.44. The van der Waals surface area contributed by atoms with Gasteiger partial charge in [0.1, 0.15) is 17.7 Å². The highest BCUT2D eigenvalue weighted by Crippen LogP contribution is 2.45. The fraction of sp³-hybridized carbons (Fsp3) is 0.552. The van der Waals surface area contributed by atoms with E-state index in [0.29, 0.717) is 18.1 Å². The third kappa shape index (κ3) is 5.04. The normalized spacial score (nSPS) is 26.6. The highest BCUT2D eigenvalue weighted by atomic mass is 19.1. The first-order valence-corrected chi connectivity index (χ1v) is 13.1. The largest absolute Gasteiger partial charge is 0.494 e. The molecule has 0 unspecified atom stereocenters. The minimum absolute atomic E-state index is 0.0490. The zero-order valence-corrected chi connectivity index (χ0v) is 21.1. The van der Waals surface area contributed by atoms with Crippen molar-refractivity contribution < 1.29 is 18.7 Å². The average molecular weight is 481 g/mol. The lowest BCUT2D eigenvalue weighted by molar-refractivity contribution is -0.0353. The van der Waals surface area contributed by atoms with Crippen LogP contribution in [0.1, 0.15) is 63.6 Å². The van der Waals surface area contributed by atoms with Gasteiger partial charge in [-0.3, -0.25) is 4.90 Å². The molecule has 6 heteroatoms. The number of aryl methyl sites for hydroxylation is 1. The van der Waals surface area contributed by atoms with Crippen LogP contribution in [0.4, 0.5) is 9.18 Å². The van der Waals surface area contributed by atoms with Gasteiger partial charge < -0.3 is 14.8 Å². The summed E-state index contributed by atoms with van der Waals surface area (Å²) in [5.41, 5.74) is 3.15. The summed E-state index contributed by atoms with van der Waals surface area (Å²) < 4.78 is 27.0. The number of carbonyl (C=O) groups excluding carboxylic acids is 1. The van der Waals surface area contributed by atoms with E-state index in [4.69, 9.17) is 9.47 Å². The van der Waals surface area contributed by atoms with Crippen molar-refractivity contribution >= 4 is 6.09 Å². The molecule has 3 heterocycles. The number of fused-ring (bicyclic) bond motifs is 4. The summed E-state index contributed by atoms with van der Waals surface area (Å²) in [7, 11) is 0. The van der Waals surface area contributed by atoms with E-state index >= 15 is 4.39 Å². The van der Waals surface area contributed by atoms with Crippen LogP contribution in [0.3, 0.4) is 0 Å². The number of ether oxygens (including phenoxy) is 2. The van der Waals surface area contributed by atoms with E-state index in [1.807, 2.05) is 30.3 Å². The van der Waals surface area contributed by atoms with E-state index < -0.39 is 0 Å². The Bertz CT molecular complexity index is 1060. The number of rotatable bonds is 6. The summed E-state index contributed by atoms with van der Waals surface area (Å²) in [5.74, 6) is 0.971. The van der Waals surface area contributed by atoms with Crippen molar-refractivity contribution in [1.82, 2.24) is 10.2 Å². The molecule has 2 aromatic carbocycles. The molecule has 2 bridgehead atoms. The second-order valence-corrected chi connectivity index (χ2v) is 11.1. The number of piperidine rings is 3. The van der Waals surface area contributed by atoms with Crippen LogP contribution < -0.4 is 10.1 Å². The van der Waals surface area contributed by atoms with Gasteiger partial charge in [-0.1, -0.05) is 32.9 Å². The van der Waals surface area contributed by atoms with Crippen molar-refractivity contribution in [2.75, 3.05) is 26.2 Å². The molecule has 188 valence electrons. The van der Waals surface area contributed by atoms with Crippen LogP contribution in [-0.4, -0.2) is 43.3 Å². The molecule has 3 aliphatic heterocycles. The number of nitrogens with zero attached hydrogens (tertiary/aromatic N) is 1. The van der Waals surface area contributed by atoms with E-state index in [9.17, 15) is 4.79 Å². The second-order valence-electron chi connectivity index (χ2n) is 11.1. The molecule has 5 nitrogen and oxygen atoms in total. The first kappa shape index (κ1) is 24.1. The maximum absolute atomic E-state index is 15.4. The van der Waals surface area contributed by atoms with E-state index in [-0.39, 0.29) is 29.5 Å². The van der Waals surface area contributed by atoms with Crippen LogP contribution in [0.25, 0.3) is 11.1 Å². The Morgan fingerprint density at radius 2 is 1.91 bits per heavy atom. The van der Waals surface area contributed by atoms with Crippen LogP contribution in [-0.2, 0) is 11.2 Å². The lowest BCUT2D eigenvalue weighted by atomic mass is 9.70. The zero-order chi connectivity index (χ0) is 24.6. The predicted octanol–water partition coefficient (Wildman–Crippen LogP) is 6.12. The highest BCUT2D eigenvalue weighted by molar-refractivity contribution is 5.70. The number of benzene rings is 2. The molecule has 0 aromatic heterocycles. The number of nitrogens with one attached hydrogen (secondary N) is 1. The lowest BCUT2D eigenvalue weighted by Crippen LogP contribution is -2.53. The van der Waals surface area contributed by atoms with Gasteiger partial charge in [0.2, 0.25) is 0 Å². The summed E-state index contributed by atoms with van der Waals surface area (Å²) in [6, 6.07) is 10.9. The highest BCUT2D eigenvalue weighted by Gasteiger charge is 2.40. The molecule has 1 N–H and O–H groups in total. The second kappa shape index (κ2) is 9.81.